The monoisotopic (exact) mass is 215 g/mol. The Morgan fingerprint density at radius 2 is 2.06 bits per heavy atom. The summed E-state index contributed by atoms with van der Waals surface area (Å²) >= 11 is 0. The van der Waals surface area contributed by atoms with Crippen LogP contribution < -0.4 is 5.32 Å². The smallest absolute Gasteiger partial charge is 0.144 e. The first kappa shape index (κ1) is 10.0. The largest absolute Gasteiger partial charge is 0.312 e. The zero-order chi connectivity index (χ0) is 11.0. The molecule has 2 heteroatoms. The minimum atomic E-state index is 0.107. The van der Waals surface area contributed by atoms with Crippen LogP contribution in [0.25, 0.3) is 0 Å². The number of ketones is 1. The van der Waals surface area contributed by atoms with Crippen LogP contribution in [0.4, 0.5) is 0 Å². The number of rotatable bonds is 2. The van der Waals surface area contributed by atoms with Crippen LogP contribution in [0, 0.1) is 5.92 Å². The van der Waals surface area contributed by atoms with Gasteiger partial charge in [-0.05, 0) is 24.0 Å². The maximum absolute atomic E-state index is 12.3. The predicted molar refractivity (Wildman–Crippen MR) is 63.2 cm³/mol. The van der Waals surface area contributed by atoms with Gasteiger partial charge in [0, 0.05) is 19.0 Å². The van der Waals surface area contributed by atoms with Crippen molar-refractivity contribution in [2.45, 2.75) is 31.7 Å². The van der Waals surface area contributed by atoms with Crippen molar-refractivity contribution < 1.29 is 4.79 Å². The van der Waals surface area contributed by atoms with E-state index in [-0.39, 0.29) is 5.92 Å². The van der Waals surface area contributed by atoms with Crippen LogP contribution in [0.5, 0.6) is 0 Å². The van der Waals surface area contributed by atoms with Crippen molar-refractivity contribution in [3.63, 3.8) is 0 Å². The lowest BCUT2D eigenvalue weighted by molar-refractivity contribution is -0.126. The van der Waals surface area contributed by atoms with Crippen molar-refractivity contribution >= 4 is 5.78 Å². The number of carbonyl (C=O) groups excluding carboxylic acids is 1. The van der Waals surface area contributed by atoms with Crippen LogP contribution in [0.2, 0.25) is 0 Å². The van der Waals surface area contributed by atoms with Crippen molar-refractivity contribution in [1.82, 2.24) is 5.32 Å². The summed E-state index contributed by atoms with van der Waals surface area (Å²) in [5, 5.41) is 3.35. The summed E-state index contributed by atoms with van der Waals surface area (Å²) in [5.41, 5.74) is 2.56. The van der Waals surface area contributed by atoms with Crippen molar-refractivity contribution in [1.29, 1.82) is 0 Å². The summed E-state index contributed by atoms with van der Waals surface area (Å²) < 4.78 is 0. The lowest BCUT2D eigenvalue weighted by Crippen LogP contribution is -2.37. The molecule has 0 bridgehead atoms. The van der Waals surface area contributed by atoms with Gasteiger partial charge < -0.3 is 5.32 Å². The number of Topliss-reactive ketones (excluding diaryl/α,β-unsaturated/α-hetero) is 1. The molecule has 1 aliphatic heterocycles. The summed E-state index contributed by atoms with van der Waals surface area (Å²) in [6, 6.07) is 8.35. The van der Waals surface area contributed by atoms with E-state index in [4.69, 9.17) is 0 Å². The van der Waals surface area contributed by atoms with Crippen LogP contribution in [0.15, 0.2) is 24.3 Å². The highest BCUT2D eigenvalue weighted by molar-refractivity contribution is 5.89. The quantitative estimate of drug-likeness (QED) is 0.819. The van der Waals surface area contributed by atoms with Crippen LogP contribution in [0.1, 0.15) is 36.3 Å². The lowest BCUT2D eigenvalue weighted by Gasteiger charge is -2.32. The molecule has 0 saturated heterocycles. The summed E-state index contributed by atoms with van der Waals surface area (Å²) in [7, 11) is 0. The molecule has 0 amide bonds. The second-order valence-electron chi connectivity index (χ2n) is 4.91. The molecule has 1 heterocycles. The Bertz CT molecular complexity index is 409. The van der Waals surface area contributed by atoms with Crippen LogP contribution in [0.3, 0.4) is 0 Å². The van der Waals surface area contributed by atoms with E-state index in [0.29, 0.717) is 11.7 Å². The third kappa shape index (κ3) is 1.57. The Balaban J connectivity index is 1.89. The molecule has 3 rings (SSSR count). The highest BCUT2D eigenvalue weighted by Crippen LogP contribution is 2.34. The van der Waals surface area contributed by atoms with E-state index in [9.17, 15) is 4.79 Å². The second-order valence-corrected chi connectivity index (χ2v) is 4.91. The Kier molecular flexibility index (Phi) is 2.52. The van der Waals surface area contributed by atoms with Crippen molar-refractivity contribution in [2.75, 3.05) is 6.54 Å². The molecule has 1 aromatic rings. The molecule has 2 aliphatic rings. The maximum atomic E-state index is 12.3. The number of hydrogen-bond acceptors (Lipinski definition) is 2. The fourth-order valence-corrected chi connectivity index (χ4v) is 2.73. The van der Waals surface area contributed by atoms with Crippen molar-refractivity contribution in [3.05, 3.63) is 35.4 Å². The topological polar surface area (TPSA) is 29.1 Å². The van der Waals surface area contributed by atoms with Gasteiger partial charge in [0.05, 0.1) is 5.92 Å². The number of hydrogen-bond donors (Lipinski definition) is 1. The van der Waals surface area contributed by atoms with Crippen molar-refractivity contribution in [3.8, 4) is 0 Å². The Labute approximate surface area is 96.1 Å². The lowest BCUT2D eigenvalue weighted by atomic mass is 9.74. The van der Waals surface area contributed by atoms with Crippen LogP contribution in [-0.4, -0.2) is 12.3 Å². The Morgan fingerprint density at radius 1 is 1.25 bits per heavy atom. The molecule has 0 spiro atoms. The predicted octanol–water partition coefficient (Wildman–Crippen LogP) is 2.24. The van der Waals surface area contributed by atoms with Crippen LogP contribution >= 0.6 is 0 Å². The average molecular weight is 215 g/mol. The number of benzene rings is 1. The SMILES string of the molecule is O=C(C1CCC1)C1CNCc2ccccc21. The minimum absolute atomic E-state index is 0.107. The molecule has 1 aromatic carbocycles. The fourth-order valence-electron chi connectivity index (χ4n) is 2.73. The molecule has 1 N–H and O–H groups in total. The molecule has 16 heavy (non-hydrogen) atoms. The van der Waals surface area contributed by atoms with Gasteiger partial charge in [0.2, 0.25) is 0 Å². The zero-order valence-electron chi connectivity index (χ0n) is 9.41. The molecule has 1 fully saturated rings. The van der Waals surface area contributed by atoms with Gasteiger partial charge in [-0.1, -0.05) is 30.7 Å². The molecule has 2 nitrogen and oxygen atoms in total. The molecule has 0 aromatic heterocycles. The van der Waals surface area contributed by atoms with Gasteiger partial charge in [0.15, 0.2) is 0 Å². The molecule has 1 atom stereocenters. The van der Waals surface area contributed by atoms with E-state index < -0.39 is 0 Å². The molecule has 0 radical (unpaired) electrons. The molecule has 1 unspecified atom stereocenters. The van der Waals surface area contributed by atoms with Gasteiger partial charge in [-0.2, -0.15) is 0 Å². The fraction of sp³-hybridized carbons (Fsp3) is 0.500. The highest BCUT2D eigenvalue weighted by Gasteiger charge is 2.33. The zero-order valence-corrected chi connectivity index (χ0v) is 9.41. The van der Waals surface area contributed by atoms with E-state index in [0.717, 1.165) is 25.9 Å². The third-order valence-electron chi connectivity index (χ3n) is 3.95. The van der Waals surface area contributed by atoms with Gasteiger partial charge in [0.1, 0.15) is 5.78 Å². The summed E-state index contributed by atoms with van der Waals surface area (Å²) in [6.45, 7) is 1.73. The molecule has 84 valence electrons. The number of carbonyl (C=O) groups is 1. The van der Waals surface area contributed by atoms with Gasteiger partial charge >= 0.3 is 0 Å². The van der Waals surface area contributed by atoms with Gasteiger partial charge in [-0.15, -0.1) is 0 Å². The molecule has 1 saturated carbocycles. The van der Waals surface area contributed by atoms with E-state index in [1.165, 1.54) is 17.5 Å². The number of nitrogens with one attached hydrogen (secondary N) is 1. The molecular formula is C14H17NO. The summed E-state index contributed by atoms with van der Waals surface area (Å²) in [4.78, 5) is 12.3. The maximum Gasteiger partial charge on any atom is 0.144 e. The Hall–Kier alpha value is -1.15. The minimum Gasteiger partial charge on any atom is -0.312 e. The first-order chi connectivity index (χ1) is 7.86. The normalized spacial score (nSPS) is 24.6. The third-order valence-corrected chi connectivity index (χ3v) is 3.95. The molecule has 1 aliphatic carbocycles. The first-order valence-corrected chi connectivity index (χ1v) is 6.18. The average Bonchev–Trinajstić information content (AvgIpc) is 2.26. The standard InChI is InChI=1S/C14H17NO/c16-14(10-5-3-6-10)13-9-15-8-11-4-1-2-7-12(11)13/h1-2,4,7,10,13,15H,3,5-6,8-9H2. The van der Waals surface area contributed by atoms with Gasteiger partial charge in [0.25, 0.3) is 0 Å². The number of fused-ring (bicyclic) bond motifs is 1. The Morgan fingerprint density at radius 3 is 2.81 bits per heavy atom. The van der Waals surface area contributed by atoms with E-state index >= 15 is 0 Å². The van der Waals surface area contributed by atoms with E-state index in [2.05, 4.69) is 23.5 Å². The second kappa shape index (κ2) is 4.02. The molecular weight excluding hydrogens is 198 g/mol. The summed E-state index contributed by atoms with van der Waals surface area (Å²) in [6.07, 6.45) is 3.45. The van der Waals surface area contributed by atoms with E-state index in [1.54, 1.807) is 0 Å². The summed E-state index contributed by atoms with van der Waals surface area (Å²) in [5.74, 6) is 0.916. The highest BCUT2D eigenvalue weighted by atomic mass is 16.1. The van der Waals surface area contributed by atoms with Crippen LogP contribution in [-0.2, 0) is 11.3 Å². The van der Waals surface area contributed by atoms with Crippen molar-refractivity contribution in [2.24, 2.45) is 5.92 Å². The van der Waals surface area contributed by atoms with E-state index in [1.807, 2.05) is 6.07 Å². The first-order valence-electron chi connectivity index (χ1n) is 6.18. The van der Waals surface area contributed by atoms with Gasteiger partial charge in [-0.25, -0.2) is 0 Å². The van der Waals surface area contributed by atoms with Gasteiger partial charge in [-0.3, -0.25) is 4.79 Å².